The second-order valence-corrected chi connectivity index (χ2v) is 4.22. The molecule has 5 nitrogen and oxygen atoms in total. The Kier molecular flexibility index (Phi) is 4.15. The number of nitrogens with one attached hydrogen (secondary N) is 1. The van der Waals surface area contributed by atoms with E-state index in [1.165, 1.54) is 0 Å². The minimum atomic E-state index is -0.0423. The SMILES string of the molecule is CCCn1ncnc1C(NC)c1ccc(CC)o1. The zero-order chi connectivity index (χ0) is 13.0. The Hall–Kier alpha value is -1.62. The Morgan fingerprint density at radius 1 is 1.39 bits per heavy atom. The smallest absolute Gasteiger partial charge is 0.151 e. The molecule has 1 unspecified atom stereocenters. The van der Waals surface area contributed by atoms with E-state index in [0.29, 0.717) is 0 Å². The summed E-state index contributed by atoms with van der Waals surface area (Å²) >= 11 is 0. The van der Waals surface area contributed by atoms with Crippen molar-refractivity contribution >= 4 is 0 Å². The lowest BCUT2D eigenvalue weighted by molar-refractivity contribution is 0.413. The lowest BCUT2D eigenvalue weighted by atomic mass is 10.2. The van der Waals surface area contributed by atoms with Gasteiger partial charge in [-0.1, -0.05) is 13.8 Å². The van der Waals surface area contributed by atoms with Gasteiger partial charge in [-0.2, -0.15) is 5.10 Å². The molecule has 0 aliphatic rings. The predicted octanol–water partition coefficient (Wildman–Crippen LogP) is 2.15. The van der Waals surface area contributed by atoms with Gasteiger partial charge in [-0.15, -0.1) is 0 Å². The van der Waals surface area contributed by atoms with Gasteiger partial charge in [0.2, 0.25) is 0 Å². The highest BCUT2D eigenvalue weighted by Gasteiger charge is 2.21. The molecule has 1 N–H and O–H groups in total. The van der Waals surface area contributed by atoms with E-state index >= 15 is 0 Å². The summed E-state index contributed by atoms with van der Waals surface area (Å²) < 4.78 is 7.73. The molecular formula is C13H20N4O. The van der Waals surface area contributed by atoms with Gasteiger partial charge in [-0.3, -0.25) is 0 Å². The lowest BCUT2D eigenvalue weighted by Crippen LogP contribution is -2.22. The van der Waals surface area contributed by atoms with E-state index in [1.54, 1.807) is 6.33 Å². The molecule has 0 amide bonds. The molecule has 98 valence electrons. The quantitative estimate of drug-likeness (QED) is 0.851. The molecule has 0 saturated heterocycles. The Morgan fingerprint density at radius 2 is 2.22 bits per heavy atom. The Bertz CT molecular complexity index is 489. The highest BCUT2D eigenvalue weighted by molar-refractivity contribution is 5.17. The van der Waals surface area contributed by atoms with Crippen LogP contribution in [-0.2, 0) is 13.0 Å². The number of hydrogen-bond donors (Lipinski definition) is 1. The van der Waals surface area contributed by atoms with E-state index in [-0.39, 0.29) is 6.04 Å². The van der Waals surface area contributed by atoms with Crippen molar-refractivity contribution < 1.29 is 4.42 Å². The van der Waals surface area contributed by atoms with Crippen LogP contribution >= 0.6 is 0 Å². The summed E-state index contributed by atoms with van der Waals surface area (Å²) in [7, 11) is 1.91. The van der Waals surface area contributed by atoms with Crippen molar-refractivity contribution in [3.05, 3.63) is 35.8 Å². The van der Waals surface area contributed by atoms with Gasteiger partial charge in [-0.05, 0) is 25.6 Å². The first kappa shape index (κ1) is 12.8. The second-order valence-electron chi connectivity index (χ2n) is 4.22. The number of hydrogen-bond acceptors (Lipinski definition) is 4. The molecule has 2 aromatic heterocycles. The predicted molar refractivity (Wildman–Crippen MR) is 69.3 cm³/mol. The molecular weight excluding hydrogens is 228 g/mol. The average molecular weight is 248 g/mol. The minimum Gasteiger partial charge on any atom is -0.464 e. The zero-order valence-electron chi connectivity index (χ0n) is 11.2. The molecule has 0 saturated carbocycles. The fourth-order valence-corrected chi connectivity index (χ4v) is 2.02. The first-order chi connectivity index (χ1) is 8.80. The van der Waals surface area contributed by atoms with Crippen LogP contribution in [0.1, 0.15) is 43.7 Å². The van der Waals surface area contributed by atoms with Gasteiger partial charge >= 0.3 is 0 Å². The van der Waals surface area contributed by atoms with Gasteiger partial charge in [0, 0.05) is 13.0 Å². The van der Waals surface area contributed by atoms with Crippen molar-refractivity contribution in [1.82, 2.24) is 20.1 Å². The Morgan fingerprint density at radius 3 is 2.83 bits per heavy atom. The lowest BCUT2D eigenvalue weighted by Gasteiger charge is -2.14. The van der Waals surface area contributed by atoms with E-state index in [0.717, 1.165) is 36.7 Å². The summed E-state index contributed by atoms with van der Waals surface area (Å²) in [6.45, 7) is 5.08. The van der Waals surface area contributed by atoms with Crippen molar-refractivity contribution in [3.8, 4) is 0 Å². The number of nitrogens with zero attached hydrogens (tertiary/aromatic N) is 3. The highest BCUT2D eigenvalue weighted by Crippen LogP contribution is 2.22. The molecule has 0 aliphatic carbocycles. The van der Waals surface area contributed by atoms with Crippen LogP contribution in [0.4, 0.5) is 0 Å². The third kappa shape index (κ3) is 2.46. The molecule has 0 aromatic carbocycles. The summed E-state index contributed by atoms with van der Waals surface area (Å²) in [5.41, 5.74) is 0. The maximum absolute atomic E-state index is 5.80. The molecule has 18 heavy (non-hydrogen) atoms. The van der Waals surface area contributed by atoms with Crippen LogP contribution in [0, 0.1) is 0 Å². The summed E-state index contributed by atoms with van der Waals surface area (Å²) in [4.78, 5) is 4.35. The summed E-state index contributed by atoms with van der Waals surface area (Å²) in [5.74, 6) is 2.78. The molecule has 0 spiro atoms. The molecule has 0 radical (unpaired) electrons. The first-order valence-corrected chi connectivity index (χ1v) is 6.43. The van der Waals surface area contributed by atoms with Crippen LogP contribution in [0.15, 0.2) is 22.9 Å². The van der Waals surface area contributed by atoms with Crippen LogP contribution in [0.2, 0.25) is 0 Å². The van der Waals surface area contributed by atoms with Gasteiger partial charge < -0.3 is 9.73 Å². The Balaban J connectivity index is 2.29. The van der Waals surface area contributed by atoms with Gasteiger partial charge in [0.25, 0.3) is 0 Å². The first-order valence-electron chi connectivity index (χ1n) is 6.43. The standard InChI is InChI=1S/C13H20N4O/c1-4-8-17-13(15-9-16-17)12(14-3)11-7-6-10(5-2)18-11/h6-7,9,12,14H,4-5,8H2,1-3H3. The van der Waals surface area contributed by atoms with Crippen molar-refractivity contribution in [2.75, 3.05) is 7.05 Å². The van der Waals surface area contributed by atoms with Gasteiger partial charge in [0.15, 0.2) is 5.82 Å². The van der Waals surface area contributed by atoms with E-state index in [9.17, 15) is 0 Å². The van der Waals surface area contributed by atoms with E-state index in [1.807, 2.05) is 23.9 Å². The maximum Gasteiger partial charge on any atom is 0.151 e. The normalized spacial score (nSPS) is 12.8. The average Bonchev–Trinajstić information content (AvgIpc) is 3.01. The molecule has 2 heterocycles. The Labute approximate surface area is 107 Å². The molecule has 5 heteroatoms. The van der Waals surface area contributed by atoms with Crippen molar-refractivity contribution in [3.63, 3.8) is 0 Å². The number of furan rings is 1. The molecule has 0 bridgehead atoms. The van der Waals surface area contributed by atoms with Gasteiger partial charge in [0.05, 0.1) is 0 Å². The van der Waals surface area contributed by atoms with Crippen LogP contribution in [-0.4, -0.2) is 21.8 Å². The fourth-order valence-electron chi connectivity index (χ4n) is 2.02. The summed E-state index contributed by atoms with van der Waals surface area (Å²) in [5, 5.41) is 7.49. The van der Waals surface area contributed by atoms with Gasteiger partial charge in [0.1, 0.15) is 23.9 Å². The largest absolute Gasteiger partial charge is 0.464 e. The molecule has 0 fully saturated rings. The highest BCUT2D eigenvalue weighted by atomic mass is 16.3. The van der Waals surface area contributed by atoms with Crippen LogP contribution in [0.3, 0.4) is 0 Å². The topological polar surface area (TPSA) is 55.9 Å². The second kappa shape index (κ2) is 5.82. The van der Waals surface area contributed by atoms with E-state index in [2.05, 4.69) is 29.2 Å². The zero-order valence-corrected chi connectivity index (χ0v) is 11.2. The molecule has 2 rings (SSSR count). The van der Waals surface area contributed by atoms with Crippen LogP contribution < -0.4 is 5.32 Å². The number of aromatic nitrogens is 3. The fraction of sp³-hybridized carbons (Fsp3) is 0.538. The number of aryl methyl sites for hydroxylation is 2. The van der Waals surface area contributed by atoms with Crippen LogP contribution in [0.25, 0.3) is 0 Å². The third-order valence-electron chi connectivity index (χ3n) is 2.94. The van der Waals surface area contributed by atoms with Crippen LogP contribution in [0.5, 0.6) is 0 Å². The molecule has 0 aliphatic heterocycles. The molecule has 2 aromatic rings. The number of rotatable bonds is 6. The van der Waals surface area contributed by atoms with Crippen molar-refractivity contribution in [2.24, 2.45) is 0 Å². The van der Waals surface area contributed by atoms with Crippen molar-refractivity contribution in [2.45, 2.75) is 39.3 Å². The summed E-state index contributed by atoms with van der Waals surface area (Å²) in [6.07, 6.45) is 3.53. The van der Waals surface area contributed by atoms with E-state index < -0.39 is 0 Å². The summed E-state index contributed by atoms with van der Waals surface area (Å²) in [6, 6.07) is 3.98. The monoisotopic (exact) mass is 248 g/mol. The maximum atomic E-state index is 5.80. The van der Waals surface area contributed by atoms with Gasteiger partial charge in [-0.25, -0.2) is 9.67 Å². The third-order valence-corrected chi connectivity index (χ3v) is 2.94. The van der Waals surface area contributed by atoms with E-state index in [4.69, 9.17) is 4.42 Å². The molecule has 1 atom stereocenters. The van der Waals surface area contributed by atoms with Crippen molar-refractivity contribution in [1.29, 1.82) is 0 Å². The minimum absolute atomic E-state index is 0.0423.